The molecular weight excluding hydrogens is 378 g/mol. The number of sulfonamides is 1. The third kappa shape index (κ3) is 4.06. The van der Waals surface area contributed by atoms with Crippen LogP contribution in [-0.4, -0.2) is 25.2 Å². The summed E-state index contributed by atoms with van der Waals surface area (Å²) in [6.45, 7) is 3.02. The third-order valence-electron chi connectivity index (χ3n) is 4.50. The number of carboxylic acids is 1. The van der Waals surface area contributed by atoms with Crippen LogP contribution in [0.5, 0.6) is 0 Å². The highest BCUT2D eigenvalue weighted by Crippen LogP contribution is 2.27. The topological polar surface area (TPSA) is 92.7 Å². The first-order valence-corrected chi connectivity index (χ1v) is 10.1. The predicted octanol–water partition coefficient (Wildman–Crippen LogP) is 3.44. The fraction of sp³-hybridized carbons (Fsp3) is 0.190. The maximum absolute atomic E-state index is 13.0. The number of benzene rings is 3. The molecule has 0 bridgehead atoms. The molecule has 7 heteroatoms. The Labute approximate surface area is 163 Å². The van der Waals surface area contributed by atoms with Gasteiger partial charge in [-0.1, -0.05) is 60.7 Å². The Kier molecular flexibility index (Phi) is 5.51. The minimum absolute atomic E-state index is 0.00415. The van der Waals surface area contributed by atoms with Gasteiger partial charge in [-0.3, -0.25) is 0 Å². The Morgan fingerprint density at radius 1 is 1.00 bits per heavy atom. The van der Waals surface area contributed by atoms with Crippen molar-refractivity contribution in [2.75, 3.05) is 0 Å². The maximum atomic E-state index is 13.0. The van der Waals surface area contributed by atoms with Crippen LogP contribution in [0.15, 0.2) is 71.6 Å². The highest BCUT2D eigenvalue weighted by molar-refractivity contribution is 7.89. The minimum Gasteiger partial charge on any atom is -0.478 e. The number of hydrogen-bond acceptors (Lipinski definition) is 4. The van der Waals surface area contributed by atoms with Crippen molar-refractivity contribution in [2.45, 2.75) is 31.1 Å². The SMILES string of the molecule is Cc1ccc(S(=O)(=O)NC(C)(OCc2ccccc2)C(=O)O)c2ccccc12. The Morgan fingerprint density at radius 3 is 2.25 bits per heavy atom. The highest BCUT2D eigenvalue weighted by atomic mass is 32.2. The molecule has 0 heterocycles. The average molecular weight is 399 g/mol. The summed E-state index contributed by atoms with van der Waals surface area (Å²) in [5.41, 5.74) is -0.466. The van der Waals surface area contributed by atoms with Crippen molar-refractivity contribution < 1.29 is 23.1 Å². The zero-order valence-electron chi connectivity index (χ0n) is 15.5. The van der Waals surface area contributed by atoms with E-state index in [1.54, 1.807) is 42.5 Å². The van der Waals surface area contributed by atoms with Crippen molar-refractivity contribution in [1.82, 2.24) is 4.72 Å². The van der Waals surface area contributed by atoms with Gasteiger partial charge in [0, 0.05) is 5.39 Å². The molecule has 0 aliphatic carbocycles. The Balaban J connectivity index is 1.95. The molecule has 0 radical (unpaired) electrons. The second-order valence-corrected chi connectivity index (χ2v) is 8.30. The van der Waals surface area contributed by atoms with Gasteiger partial charge in [0.05, 0.1) is 11.5 Å². The van der Waals surface area contributed by atoms with Gasteiger partial charge in [0.2, 0.25) is 15.7 Å². The summed E-state index contributed by atoms with van der Waals surface area (Å²) in [5, 5.41) is 10.9. The van der Waals surface area contributed by atoms with E-state index in [4.69, 9.17) is 4.74 Å². The molecule has 1 atom stereocenters. The van der Waals surface area contributed by atoms with Gasteiger partial charge in [0.25, 0.3) is 0 Å². The average Bonchev–Trinajstić information content (AvgIpc) is 2.67. The molecule has 0 spiro atoms. The van der Waals surface area contributed by atoms with Crippen molar-refractivity contribution >= 4 is 26.8 Å². The van der Waals surface area contributed by atoms with Crippen LogP contribution in [0.25, 0.3) is 10.8 Å². The van der Waals surface area contributed by atoms with Gasteiger partial charge >= 0.3 is 5.97 Å². The van der Waals surface area contributed by atoms with Gasteiger partial charge in [0.15, 0.2) is 0 Å². The molecule has 28 heavy (non-hydrogen) atoms. The summed E-state index contributed by atoms with van der Waals surface area (Å²) in [5.74, 6) is -1.43. The molecule has 0 aliphatic rings. The van der Waals surface area contributed by atoms with Crippen LogP contribution in [0.4, 0.5) is 0 Å². The van der Waals surface area contributed by atoms with Crippen LogP contribution in [0.3, 0.4) is 0 Å². The summed E-state index contributed by atoms with van der Waals surface area (Å²) < 4.78 is 33.8. The lowest BCUT2D eigenvalue weighted by molar-refractivity contribution is -0.167. The van der Waals surface area contributed by atoms with E-state index in [-0.39, 0.29) is 11.5 Å². The van der Waals surface area contributed by atoms with Gasteiger partial charge in [0.1, 0.15) is 0 Å². The van der Waals surface area contributed by atoms with Crippen molar-refractivity contribution in [3.05, 3.63) is 77.9 Å². The number of fused-ring (bicyclic) bond motifs is 1. The second-order valence-electron chi connectivity index (χ2n) is 6.64. The lowest BCUT2D eigenvalue weighted by Crippen LogP contribution is -2.54. The molecule has 0 amide bonds. The number of nitrogens with one attached hydrogen (secondary N) is 1. The van der Waals surface area contributed by atoms with E-state index < -0.39 is 21.7 Å². The number of carbonyl (C=O) groups is 1. The second kappa shape index (κ2) is 7.71. The largest absolute Gasteiger partial charge is 0.478 e. The Morgan fingerprint density at radius 2 is 1.61 bits per heavy atom. The number of aryl methyl sites for hydroxylation is 1. The summed E-state index contributed by atoms with van der Waals surface area (Å²) >= 11 is 0. The monoisotopic (exact) mass is 399 g/mol. The van der Waals surface area contributed by atoms with Crippen molar-refractivity contribution in [2.24, 2.45) is 0 Å². The van der Waals surface area contributed by atoms with E-state index in [2.05, 4.69) is 4.72 Å². The van der Waals surface area contributed by atoms with Gasteiger partial charge in [-0.25, -0.2) is 13.2 Å². The van der Waals surface area contributed by atoms with Crippen LogP contribution < -0.4 is 4.72 Å². The molecule has 0 aromatic heterocycles. The van der Waals surface area contributed by atoms with Gasteiger partial charge < -0.3 is 9.84 Å². The van der Waals surface area contributed by atoms with Crippen LogP contribution in [0, 0.1) is 6.92 Å². The zero-order chi connectivity index (χ0) is 20.4. The van der Waals surface area contributed by atoms with E-state index in [1.165, 1.54) is 13.0 Å². The summed E-state index contributed by atoms with van der Waals surface area (Å²) in [4.78, 5) is 11.8. The molecule has 0 saturated carbocycles. The standard InChI is InChI=1S/C21H21NO5S/c1-15-12-13-19(18-11-7-6-10-17(15)18)28(25,26)22-21(2,20(23)24)27-14-16-8-4-3-5-9-16/h3-13,22H,14H2,1-2H3,(H,23,24). The molecule has 2 N–H and O–H groups in total. The summed E-state index contributed by atoms with van der Waals surface area (Å²) in [6, 6.07) is 19.2. The first kappa shape index (κ1) is 20.0. The van der Waals surface area contributed by atoms with Crippen LogP contribution >= 0.6 is 0 Å². The van der Waals surface area contributed by atoms with E-state index in [0.717, 1.165) is 16.5 Å². The van der Waals surface area contributed by atoms with E-state index in [0.29, 0.717) is 5.39 Å². The van der Waals surface area contributed by atoms with Gasteiger partial charge in [-0.15, -0.1) is 0 Å². The molecule has 0 fully saturated rings. The number of carboxylic acid groups (broad SMARTS) is 1. The first-order valence-electron chi connectivity index (χ1n) is 8.66. The van der Waals surface area contributed by atoms with E-state index in [9.17, 15) is 18.3 Å². The predicted molar refractivity (Wildman–Crippen MR) is 106 cm³/mol. The lowest BCUT2D eigenvalue weighted by Gasteiger charge is -2.26. The zero-order valence-corrected chi connectivity index (χ0v) is 16.4. The van der Waals surface area contributed by atoms with Crippen molar-refractivity contribution in [3.8, 4) is 0 Å². The summed E-state index contributed by atoms with van der Waals surface area (Å²) in [7, 11) is -4.17. The number of aliphatic carboxylic acids is 1. The maximum Gasteiger partial charge on any atom is 0.352 e. The summed E-state index contributed by atoms with van der Waals surface area (Å²) in [6.07, 6.45) is 0. The van der Waals surface area contributed by atoms with Crippen molar-refractivity contribution in [3.63, 3.8) is 0 Å². The molecule has 3 rings (SSSR count). The highest BCUT2D eigenvalue weighted by Gasteiger charge is 2.39. The molecule has 1 unspecified atom stereocenters. The molecular formula is C21H21NO5S. The van der Waals surface area contributed by atoms with Gasteiger partial charge in [-0.05, 0) is 36.4 Å². The molecule has 0 saturated heterocycles. The van der Waals surface area contributed by atoms with Crippen molar-refractivity contribution in [1.29, 1.82) is 0 Å². The van der Waals surface area contributed by atoms with Crippen LogP contribution in [-0.2, 0) is 26.2 Å². The van der Waals surface area contributed by atoms with E-state index >= 15 is 0 Å². The quantitative estimate of drug-likeness (QED) is 0.594. The Bertz CT molecular complexity index is 1110. The first-order chi connectivity index (χ1) is 13.2. The molecule has 3 aromatic carbocycles. The fourth-order valence-electron chi connectivity index (χ4n) is 2.90. The smallest absolute Gasteiger partial charge is 0.352 e. The number of hydrogen-bond donors (Lipinski definition) is 2. The minimum atomic E-state index is -4.17. The van der Waals surface area contributed by atoms with Gasteiger partial charge in [-0.2, -0.15) is 4.72 Å². The third-order valence-corrected chi connectivity index (χ3v) is 6.09. The molecule has 6 nitrogen and oxygen atoms in total. The number of ether oxygens (including phenoxy) is 1. The fourth-order valence-corrected chi connectivity index (χ4v) is 4.39. The molecule has 146 valence electrons. The normalized spacial score (nSPS) is 13.9. The Hall–Kier alpha value is -2.74. The van der Waals surface area contributed by atoms with E-state index in [1.807, 2.05) is 25.1 Å². The van der Waals surface area contributed by atoms with Crippen LogP contribution in [0.2, 0.25) is 0 Å². The molecule has 0 aliphatic heterocycles. The lowest BCUT2D eigenvalue weighted by atomic mass is 10.1. The molecule has 3 aromatic rings. The van der Waals surface area contributed by atoms with Crippen LogP contribution in [0.1, 0.15) is 18.1 Å². The number of rotatable bonds is 7.